The number of amides is 2. The van der Waals surface area contributed by atoms with Crippen molar-refractivity contribution in [1.29, 1.82) is 0 Å². The van der Waals surface area contributed by atoms with Gasteiger partial charge < -0.3 is 14.6 Å². The molecule has 5 nitrogen and oxygen atoms in total. The van der Waals surface area contributed by atoms with E-state index in [-0.39, 0.29) is 23.6 Å². The monoisotopic (exact) mass is 420 g/mol. The summed E-state index contributed by atoms with van der Waals surface area (Å²) in [5, 5.41) is 2.98. The fraction of sp³-hybridized carbons (Fsp3) is 0.250. The van der Waals surface area contributed by atoms with Crippen LogP contribution in [0.5, 0.6) is 0 Å². The highest BCUT2D eigenvalue weighted by Crippen LogP contribution is 2.30. The van der Waals surface area contributed by atoms with Gasteiger partial charge in [0.2, 0.25) is 5.91 Å². The number of carbonyl (C=O) groups excluding carboxylic acids is 2. The minimum absolute atomic E-state index is 0.0552. The zero-order chi connectivity index (χ0) is 21.1. The van der Waals surface area contributed by atoms with E-state index in [0.717, 1.165) is 22.8 Å². The summed E-state index contributed by atoms with van der Waals surface area (Å²) in [5.74, 6) is 1.68. The average Bonchev–Trinajstić information content (AvgIpc) is 3.38. The predicted octanol–water partition coefficient (Wildman–Crippen LogP) is 4.76. The van der Waals surface area contributed by atoms with Gasteiger partial charge >= 0.3 is 0 Å². The molecule has 0 radical (unpaired) electrons. The lowest BCUT2D eigenvalue weighted by atomic mass is 10.2. The molecule has 4 rings (SSSR count). The number of carbonyl (C=O) groups is 2. The molecular weight excluding hydrogens is 396 g/mol. The molecule has 30 heavy (non-hydrogen) atoms. The van der Waals surface area contributed by atoms with Gasteiger partial charge in [-0.1, -0.05) is 30.3 Å². The fourth-order valence-corrected chi connectivity index (χ4v) is 4.55. The van der Waals surface area contributed by atoms with Gasteiger partial charge in [-0.25, -0.2) is 0 Å². The Morgan fingerprint density at radius 2 is 1.87 bits per heavy atom. The number of rotatable bonds is 6. The first-order valence-corrected chi connectivity index (χ1v) is 11.0. The van der Waals surface area contributed by atoms with Crippen LogP contribution in [-0.2, 0) is 11.2 Å². The molecule has 1 atom stereocenters. The Balaban J connectivity index is 1.42. The van der Waals surface area contributed by atoms with E-state index in [1.807, 2.05) is 67.3 Å². The van der Waals surface area contributed by atoms with Crippen LogP contribution >= 0.6 is 11.8 Å². The molecule has 6 heteroatoms. The van der Waals surface area contributed by atoms with Crippen LogP contribution in [0.2, 0.25) is 0 Å². The van der Waals surface area contributed by atoms with Crippen LogP contribution in [0.15, 0.2) is 70.0 Å². The van der Waals surface area contributed by atoms with Crippen molar-refractivity contribution >= 4 is 29.3 Å². The number of hydrogen-bond donors (Lipinski definition) is 1. The lowest BCUT2D eigenvalue weighted by Gasteiger charge is -2.18. The third-order valence-electron chi connectivity index (χ3n) is 5.21. The van der Waals surface area contributed by atoms with Crippen molar-refractivity contribution < 1.29 is 14.0 Å². The Kier molecular flexibility index (Phi) is 5.95. The molecule has 1 aromatic heterocycles. The summed E-state index contributed by atoms with van der Waals surface area (Å²) in [5.41, 5.74) is 2.77. The highest BCUT2D eigenvalue weighted by Gasteiger charge is 2.24. The molecule has 1 aliphatic rings. The topological polar surface area (TPSA) is 62.6 Å². The number of fused-ring (bicyclic) bond motifs is 1. The van der Waals surface area contributed by atoms with E-state index in [1.54, 1.807) is 6.07 Å². The molecule has 0 fully saturated rings. The Labute approximate surface area is 180 Å². The number of benzene rings is 2. The largest absolute Gasteiger partial charge is 0.464 e. The van der Waals surface area contributed by atoms with Gasteiger partial charge in [0.05, 0.1) is 17.4 Å². The SMILES string of the molecule is Cc1ccc(C(C)NC(=O)c2ccccc2SCC(=O)N2CCc3ccccc32)o1. The Hall–Kier alpha value is -2.99. The molecule has 2 heterocycles. The summed E-state index contributed by atoms with van der Waals surface area (Å²) < 4.78 is 5.61. The van der Waals surface area contributed by atoms with Gasteiger partial charge in [0.15, 0.2) is 0 Å². The van der Waals surface area contributed by atoms with Gasteiger partial charge in [0.25, 0.3) is 5.91 Å². The normalized spacial score (nSPS) is 13.7. The molecule has 1 aliphatic heterocycles. The van der Waals surface area contributed by atoms with Crippen molar-refractivity contribution in [3.05, 3.63) is 83.3 Å². The van der Waals surface area contributed by atoms with Gasteiger partial charge in [-0.3, -0.25) is 9.59 Å². The summed E-state index contributed by atoms with van der Waals surface area (Å²) in [6.45, 7) is 4.47. The summed E-state index contributed by atoms with van der Waals surface area (Å²) in [7, 11) is 0. The smallest absolute Gasteiger partial charge is 0.252 e. The summed E-state index contributed by atoms with van der Waals surface area (Å²) in [6.07, 6.45) is 0.885. The number of nitrogens with one attached hydrogen (secondary N) is 1. The van der Waals surface area contributed by atoms with Gasteiger partial charge in [0.1, 0.15) is 11.5 Å². The lowest BCUT2D eigenvalue weighted by Crippen LogP contribution is -2.30. The predicted molar refractivity (Wildman–Crippen MR) is 119 cm³/mol. The molecule has 2 amide bonds. The molecule has 154 valence electrons. The van der Waals surface area contributed by atoms with Crippen LogP contribution < -0.4 is 10.2 Å². The van der Waals surface area contributed by atoms with Gasteiger partial charge in [-0.2, -0.15) is 0 Å². The first-order valence-electron chi connectivity index (χ1n) is 10.00. The number of nitrogens with zero attached hydrogens (tertiary/aromatic N) is 1. The van der Waals surface area contributed by atoms with E-state index in [0.29, 0.717) is 17.9 Å². The molecule has 0 aliphatic carbocycles. The second-order valence-corrected chi connectivity index (χ2v) is 8.37. The molecule has 0 saturated heterocycles. The van der Waals surface area contributed by atoms with Crippen LogP contribution in [0, 0.1) is 6.92 Å². The zero-order valence-electron chi connectivity index (χ0n) is 17.1. The van der Waals surface area contributed by atoms with Crippen molar-refractivity contribution in [1.82, 2.24) is 5.32 Å². The van der Waals surface area contributed by atoms with Crippen LogP contribution in [-0.4, -0.2) is 24.1 Å². The first-order chi connectivity index (χ1) is 14.5. The third-order valence-corrected chi connectivity index (χ3v) is 6.26. The number of hydrogen-bond acceptors (Lipinski definition) is 4. The quantitative estimate of drug-likeness (QED) is 0.584. The van der Waals surface area contributed by atoms with Crippen molar-refractivity contribution in [3.8, 4) is 0 Å². The first kappa shape index (κ1) is 20.3. The number of para-hydroxylation sites is 1. The summed E-state index contributed by atoms with van der Waals surface area (Å²) >= 11 is 1.40. The van der Waals surface area contributed by atoms with Gasteiger partial charge in [-0.15, -0.1) is 11.8 Å². The van der Waals surface area contributed by atoms with E-state index in [2.05, 4.69) is 11.4 Å². The molecule has 3 aromatic rings. The number of thioether (sulfide) groups is 1. The molecule has 0 saturated carbocycles. The van der Waals surface area contributed by atoms with Crippen LogP contribution in [0.1, 0.15) is 40.4 Å². The highest BCUT2D eigenvalue weighted by molar-refractivity contribution is 8.00. The minimum atomic E-state index is -0.244. The second-order valence-electron chi connectivity index (χ2n) is 7.35. The maximum atomic E-state index is 12.9. The number of anilines is 1. The van der Waals surface area contributed by atoms with E-state index >= 15 is 0 Å². The maximum Gasteiger partial charge on any atom is 0.252 e. The van der Waals surface area contributed by atoms with Crippen LogP contribution in [0.25, 0.3) is 0 Å². The van der Waals surface area contributed by atoms with E-state index in [4.69, 9.17) is 4.42 Å². The van der Waals surface area contributed by atoms with Crippen molar-refractivity contribution in [2.45, 2.75) is 31.2 Å². The van der Waals surface area contributed by atoms with Gasteiger partial charge in [-0.05, 0) is 56.2 Å². The van der Waals surface area contributed by atoms with E-state index in [9.17, 15) is 9.59 Å². The van der Waals surface area contributed by atoms with E-state index in [1.165, 1.54) is 17.3 Å². The zero-order valence-corrected chi connectivity index (χ0v) is 17.9. The molecule has 0 spiro atoms. The van der Waals surface area contributed by atoms with Crippen LogP contribution in [0.3, 0.4) is 0 Å². The Morgan fingerprint density at radius 1 is 1.10 bits per heavy atom. The van der Waals surface area contributed by atoms with Crippen LogP contribution in [0.4, 0.5) is 5.69 Å². The minimum Gasteiger partial charge on any atom is -0.464 e. The number of aryl methyl sites for hydroxylation is 1. The molecule has 2 aromatic carbocycles. The Bertz CT molecular complexity index is 1080. The number of furan rings is 1. The van der Waals surface area contributed by atoms with Crippen molar-refractivity contribution in [2.75, 3.05) is 17.2 Å². The second kappa shape index (κ2) is 8.79. The highest BCUT2D eigenvalue weighted by atomic mass is 32.2. The lowest BCUT2D eigenvalue weighted by molar-refractivity contribution is -0.116. The molecule has 1 unspecified atom stereocenters. The van der Waals surface area contributed by atoms with Crippen molar-refractivity contribution in [2.24, 2.45) is 0 Å². The molecular formula is C24H24N2O3S. The average molecular weight is 421 g/mol. The summed E-state index contributed by atoms with van der Waals surface area (Å²) in [4.78, 5) is 28.3. The van der Waals surface area contributed by atoms with Gasteiger partial charge in [0, 0.05) is 17.1 Å². The molecule has 1 N–H and O–H groups in total. The third kappa shape index (κ3) is 4.28. The van der Waals surface area contributed by atoms with E-state index < -0.39 is 0 Å². The molecule has 0 bridgehead atoms. The van der Waals surface area contributed by atoms with Crippen molar-refractivity contribution in [3.63, 3.8) is 0 Å². The standard InChI is InChI=1S/C24H24N2O3S/c1-16-11-12-21(29-16)17(2)25-24(28)19-8-4-6-10-22(19)30-15-23(27)26-14-13-18-7-3-5-9-20(18)26/h3-12,17H,13-15H2,1-2H3,(H,25,28). The Morgan fingerprint density at radius 3 is 2.67 bits per heavy atom. The summed E-state index contributed by atoms with van der Waals surface area (Å²) in [6, 6.07) is 18.9. The maximum absolute atomic E-state index is 12.9. The fourth-order valence-electron chi connectivity index (χ4n) is 3.63.